The van der Waals surface area contributed by atoms with Crippen molar-refractivity contribution in [2.45, 2.75) is 38.8 Å². The Labute approximate surface area is 215 Å². The van der Waals surface area contributed by atoms with E-state index < -0.39 is 17.7 Å². The Kier molecular flexibility index (Phi) is 8.06. The van der Waals surface area contributed by atoms with Crippen molar-refractivity contribution in [3.63, 3.8) is 0 Å². The van der Waals surface area contributed by atoms with Crippen molar-refractivity contribution in [3.05, 3.63) is 58.1 Å². The lowest BCUT2D eigenvalue weighted by atomic mass is 9.94. The van der Waals surface area contributed by atoms with E-state index in [0.717, 1.165) is 12.8 Å². The lowest BCUT2D eigenvalue weighted by Gasteiger charge is -2.28. The molecule has 4 rings (SSSR count). The Hall–Kier alpha value is -3.23. The number of ketones is 1. The fourth-order valence-electron chi connectivity index (χ4n) is 4.64. The molecule has 0 bridgehead atoms. The number of carbonyl (C=O) groups excluding carboxylic acids is 2. The standard InChI is InChI=1S/C27H30ClNO7/c1-4-34-17-9-10-20(28)19(14-17)25(30)23-24(16-8-11-21(35-5-2)22(13-16)33-3)29(27(32)26(23)31)15-18-7-6-12-36-18/h8-11,13-14,18,24,30H,4-7,12,15H2,1-3H3/b25-23+. The van der Waals surface area contributed by atoms with E-state index in [4.69, 9.17) is 30.5 Å². The van der Waals surface area contributed by atoms with E-state index in [0.29, 0.717) is 42.6 Å². The van der Waals surface area contributed by atoms with E-state index in [1.165, 1.54) is 12.0 Å². The molecule has 36 heavy (non-hydrogen) atoms. The third-order valence-electron chi connectivity index (χ3n) is 6.27. The number of hydrogen-bond donors (Lipinski definition) is 1. The largest absolute Gasteiger partial charge is 0.507 e. The number of rotatable bonds is 9. The van der Waals surface area contributed by atoms with Gasteiger partial charge < -0.3 is 29.0 Å². The van der Waals surface area contributed by atoms with Gasteiger partial charge in [-0.05, 0) is 62.6 Å². The van der Waals surface area contributed by atoms with Crippen LogP contribution in [0.25, 0.3) is 5.76 Å². The van der Waals surface area contributed by atoms with Crippen LogP contribution in [0.5, 0.6) is 17.2 Å². The number of aliphatic hydroxyl groups excluding tert-OH is 1. The fourth-order valence-corrected chi connectivity index (χ4v) is 4.85. The zero-order valence-electron chi connectivity index (χ0n) is 20.6. The summed E-state index contributed by atoms with van der Waals surface area (Å²) in [6.07, 6.45) is 1.47. The van der Waals surface area contributed by atoms with Crippen LogP contribution < -0.4 is 14.2 Å². The molecule has 0 saturated carbocycles. The number of ether oxygens (including phenoxy) is 4. The quantitative estimate of drug-likeness (QED) is 0.292. The number of benzene rings is 2. The highest BCUT2D eigenvalue weighted by molar-refractivity contribution is 6.47. The number of nitrogens with zero attached hydrogens (tertiary/aromatic N) is 1. The minimum absolute atomic E-state index is 0.0558. The lowest BCUT2D eigenvalue weighted by molar-refractivity contribution is -0.140. The first-order chi connectivity index (χ1) is 17.4. The zero-order valence-corrected chi connectivity index (χ0v) is 21.3. The van der Waals surface area contributed by atoms with Gasteiger partial charge in [-0.2, -0.15) is 0 Å². The number of carbonyl (C=O) groups is 2. The molecule has 2 unspecified atom stereocenters. The second-order valence-corrected chi connectivity index (χ2v) is 8.91. The molecule has 0 aliphatic carbocycles. The summed E-state index contributed by atoms with van der Waals surface area (Å²) in [6.45, 7) is 5.39. The maximum atomic E-state index is 13.4. The van der Waals surface area contributed by atoms with Gasteiger partial charge >= 0.3 is 0 Å². The predicted molar refractivity (Wildman–Crippen MR) is 135 cm³/mol. The summed E-state index contributed by atoms with van der Waals surface area (Å²) in [6, 6.07) is 9.16. The summed E-state index contributed by atoms with van der Waals surface area (Å²) < 4.78 is 22.4. The molecule has 2 aliphatic rings. The SMILES string of the molecule is CCOc1ccc(Cl)c(/C(O)=C2\C(=O)C(=O)N(CC3CCCO3)C2c2ccc(OCC)c(OC)c2)c1. The van der Waals surface area contributed by atoms with E-state index in [1.54, 1.807) is 36.4 Å². The average molecular weight is 516 g/mol. The fraction of sp³-hybridized carbons (Fsp3) is 0.407. The Morgan fingerprint density at radius 1 is 1.11 bits per heavy atom. The topological polar surface area (TPSA) is 94.5 Å². The minimum atomic E-state index is -0.870. The van der Waals surface area contributed by atoms with Crippen LogP contribution in [0.15, 0.2) is 42.0 Å². The van der Waals surface area contributed by atoms with E-state index in [9.17, 15) is 14.7 Å². The number of halogens is 1. The second kappa shape index (κ2) is 11.2. The molecule has 2 saturated heterocycles. The number of aliphatic hydroxyl groups is 1. The van der Waals surface area contributed by atoms with Gasteiger partial charge in [0.1, 0.15) is 11.5 Å². The van der Waals surface area contributed by atoms with E-state index in [1.807, 2.05) is 13.8 Å². The van der Waals surface area contributed by atoms with Gasteiger partial charge in [-0.1, -0.05) is 17.7 Å². The van der Waals surface area contributed by atoms with Gasteiger partial charge in [0.2, 0.25) is 0 Å². The molecule has 0 aromatic heterocycles. The Bertz CT molecular complexity index is 1170. The van der Waals surface area contributed by atoms with E-state index in [-0.39, 0.29) is 34.6 Å². The third-order valence-corrected chi connectivity index (χ3v) is 6.60. The molecule has 1 amide bonds. The van der Waals surface area contributed by atoms with Crippen LogP contribution in [0.2, 0.25) is 5.02 Å². The molecule has 0 radical (unpaired) electrons. The van der Waals surface area contributed by atoms with Crippen molar-refractivity contribution in [1.82, 2.24) is 4.90 Å². The Balaban J connectivity index is 1.87. The molecule has 0 spiro atoms. The minimum Gasteiger partial charge on any atom is -0.507 e. The van der Waals surface area contributed by atoms with Crippen LogP contribution in [0.1, 0.15) is 43.9 Å². The summed E-state index contributed by atoms with van der Waals surface area (Å²) in [5.41, 5.74) is 0.742. The second-order valence-electron chi connectivity index (χ2n) is 8.50. The van der Waals surface area contributed by atoms with Crippen molar-refractivity contribution < 1.29 is 33.6 Å². The van der Waals surface area contributed by atoms with Gasteiger partial charge in [-0.25, -0.2) is 0 Å². The van der Waals surface area contributed by atoms with E-state index in [2.05, 4.69) is 0 Å². The van der Waals surface area contributed by atoms with Crippen molar-refractivity contribution in [1.29, 1.82) is 0 Å². The molecule has 9 heteroatoms. The van der Waals surface area contributed by atoms with Gasteiger partial charge in [0, 0.05) is 18.7 Å². The first-order valence-corrected chi connectivity index (χ1v) is 12.4. The highest BCUT2D eigenvalue weighted by Gasteiger charge is 2.47. The molecule has 2 heterocycles. The predicted octanol–water partition coefficient (Wildman–Crippen LogP) is 4.75. The summed E-state index contributed by atoms with van der Waals surface area (Å²) in [5.74, 6) is -0.396. The molecular weight excluding hydrogens is 486 g/mol. The normalized spacial score (nSPS) is 21.2. The highest BCUT2D eigenvalue weighted by Crippen LogP contribution is 2.43. The first-order valence-electron chi connectivity index (χ1n) is 12.0. The number of amides is 1. The molecule has 1 N–H and O–H groups in total. The average Bonchev–Trinajstić information content (AvgIpc) is 3.48. The maximum absolute atomic E-state index is 13.4. The number of likely N-dealkylation sites (tertiary alicyclic amines) is 1. The monoisotopic (exact) mass is 515 g/mol. The molecular formula is C27H30ClNO7. The maximum Gasteiger partial charge on any atom is 0.295 e. The van der Waals surface area contributed by atoms with Crippen LogP contribution in [-0.4, -0.2) is 61.3 Å². The zero-order chi connectivity index (χ0) is 25.8. The van der Waals surface area contributed by atoms with Crippen LogP contribution >= 0.6 is 11.6 Å². The van der Waals surface area contributed by atoms with Gasteiger partial charge in [-0.15, -0.1) is 0 Å². The molecule has 192 valence electrons. The van der Waals surface area contributed by atoms with Crippen molar-refractivity contribution in [2.24, 2.45) is 0 Å². The summed E-state index contributed by atoms with van der Waals surface area (Å²) in [7, 11) is 1.52. The van der Waals surface area contributed by atoms with Crippen LogP contribution in [0.3, 0.4) is 0 Å². The van der Waals surface area contributed by atoms with E-state index >= 15 is 0 Å². The smallest absolute Gasteiger partial charge is 0.295 e. The number of Topliss-reactive ketones (excluding diaryl/α,β-unsaturated/α-hetero) is 1. The molecule has 2 aliphatic heterocycles. The van der Waals surface area contributed by atoms with Crippen LogP contribution in [0, 0.1) is 0 Å². The first kappa shape index (κ1) is 25.9. The lowest BCUT2D eigenvalue weighted by Crippen LogP contribution is -2.36. The van der Waals surface area contributed by atoms with Gasteiger partial charge in [0.25, 0.3) is 11.7 Å². The summed E-state index contributed by atoms with van der Waals surface area (Å²) >= 11 is 6.41. The Morgan fingerprint density at radius 3 is 2.56 bits per heavy atom. The van der Waals surface area contributed by atoms with Crippen molar-refractivity contribution in [2.75, 3.05) is 33.5 Å². The van der Waals surface area contributed by atoms with Crippen LogP contribution in [-0.2, 0) is 14.3 Å². The van der Waals surface area contributed by atoms with Gasteiger partial charge in [0.05, 0.1) is 43.1 Å². The summed E-state index contributed by atoms with van der Waals surface area (Å²) in [5, 5.41) is 11.6. The van der Waals surface area contributed by atoms with Crippen LogP contribution in [0.4, 0.5) is 0 Å². The number of hydrogen-bond acceptors (Lipinski definition) is 7. The summed E-state index contributed by atoms with van der Waals surface area (Å²) in [4.78, 5) is 28.1. The van der Waals surface area contributed by atoms with Gasteiger partial charge in [0.15, 0.2) is 11.5 Å². The highest BCUT2D eigenvalue weighted by atomic mass is 35.5. The molecule has 2 aromatic carbocycles. The molecule has 2 atom stereocenters. The van der Waals surface area contributed by atoms with Gasteiger partial charge in [-0.3, -0.25) is 9.59 Å². The third kappa shape index (κ3) is 5.01. The molecule has 2 fully saturated rings. The van der Waals surface area contributed by atoms with Crippen molar-refractivity contribution >= 4 is 29.1 Å². The van der Waals surface area contributed by atoms with Crippen molar-refractivity contribution in [3.8, 4) is 17.2 Å². The molecule has 2 aromatic rings. The Morgan fingerprint density at radius 2 is 1.89 bits per heavy atom. The number of methoxy groups -OCH3 is 1. The molecule has 8 nitrogen and oxygen atoms in total.